The van der Waals surface area contributed by atoms with E-state index in [0.29, 0.717) is 11.2 Å². The Morgan fingerprint density at radius 1 is 1.07 bits per heavy atom. The largest absolute Gasteiger partial charge is 0.379 e. The van der Waals surface area contributed by atoms with Gasteiger partial charge in [0.25, 0.3) is 5.56 Å². The number of hydrogen-bond acceptors (Lipinski definition) is 5. The molecule has 1 aliphatic rings. The Morgan fingerprint density at radius 2 is 1.80 bits per heavy atom. The maximum atomic E-state index is 13.2. The van der Waals surface area contributed by atoms with Gasteiger partial charge in [-0.05, 0) is 27.2 Å². The molecule has 0 radical (unpaired) electrons. The summed E-state index contributed by atoms with van der Waals surface area (Å²) >= 11 is 0. The molecule has 1 fully saturated rings. The van der Waals surface area contributed by atoms with E-state index in [-0.39, 0.29) is 17.8 Å². The van der Waals surface area contributed by atoms with Crippen molar-refractivity contribution in [2.75, 3.05) is 32.8 Å². The van der Waals surface area contributed by atoms with Crippen molar-refractivity contribution in [1.82, 2.24) is 28.0 Å². The van der Waals surface area contributed by atoms with Gasteiger partial charge >= 0.3 is 5.69 Å². The minimum atomic E-state index is -0.348. The van der Waals surface area contributed by atoms with Crippen molar-refractivity contribution in [1.29, 1.82) is 0 Å². The van der Waals surface area contributed by atoms with Gasteiger partial charge in [-0.15, -0.1) is 0 Å². The maximum absolute atomic E-state index is 13.2. The van der Waals surface area contributed by atoms with Crippen LogP contribution in [-0.2, 0) is 24.9 Å². The van der Waals surface area contributed by atoms with Crippen LogP contribution < -0.4 is 11.2 Å². The molecule has 4 heterocycles. The van der Waals surface area contributed by atoms with E-state index in [1.807, 2.05) is 30.4 Å². The van der Waals surface area contributed by atoms with Crippen molar-refractivity contribution in [2.45, 2.75) is 40.3 Å². The van der Waals surface area contributed by atoms with Gasteiger partial charge in [0.15, 0.2) is 11.2 Å². The molecule has 0 aromatic carbocycles. The molecule has 0 saturated carbocycles. The number of allylic oxidation sites excluding steroid dienone is 2. The van der Waals surface area contributed by atoms with E-state index in [9.17, 15) is 9.59 Å². The van der Waals surface area contributed by atoms with Gasteiger partial charge in [-0.3, -0.25) is 23.2 Å². The topological polar surface area (TPSA) is 78.7 Å². The molecule has 1 saturated heterocycles. The van der Waals surface area contributed by atoms with Crippen molar-refractivity contribution in [2.24, 2.45) is 7.05 Å². The van der Waals surface area contributed by atoms with Gasteiger partial charge in [0.2, 0.25) is 5.78 Å². The molecular weight excluding hydrogens is 384 g/mol. The Bertz CT molecular complexity index is 1220. The quantitative estimate of drug-likeness (QED) is 0.564. The third-order valence-electron chi connectivity index (χ3n) is 6.11. The number of aromatic nitrogens is 5. The van der Waals surface area contributed by atoms with Gasteiger partial charge in [-0.1, -0.05) is 12.2 Å². The summed E-state index contributed by atoms with van der Waals surface area (Å²) in [4.78, 5) is 33.1. The van der Waals surface area contributed by atoms with Crippen LogP contribution in [0.5, 0.6) is 0 Å². The van der Waals surface area contributed by atoms with Gasteiger partial charge in [0.1, 0.15) is 0 Å². The van der Waals surface area contributed by atoms with Crippen LogP contribution in [0.3, 0.4) is 0 Å². The standard InChI is InChI=1S/C21H30N6O3/c1-5-6-9-26-19(28)17-18(23(4)21(26)29)22-20-25(15(2)16(3)27(17)20)10-7-8-24-11-13-30-14-12-24/h5-6H,7-14H2,1-4H3/b6-5+. The van der Waals surface area contributed by atoms with E-state index in [1.54, 1.807) is 7.05 Å². The number of rotatable bonds is 6. The number of hydrogen-bond donors (Lipinski definition) is 0. The third-order valence-corrected chi connectivity index (χ3v) is 6.11. The first-order chi connectivity index (χ1) is 14.5. The lowest BCUT2D eigenvalue weighted by molar-refractivity contribution is 0.0369. The van der Waals surface area contributed by atoms with Crippen LogP contribution in [0.25, 0.3) is 16.9 Å². The summed E-state index contributed by atoms with van der Waals surface area (Å²) in [5.41, 5.74) is 2.32. The van der Waals surface area contributed by atoms with Crippen LogP contribution in [0.15, 0.2) is 21.7 Å². The molecule has 0 N–H and O–H groups in total. The summed E-state index contributed by atoms with van der Waals surface area (Å²) in [7, 11) is 1.67. The molecular formula is C21H30N6O3. The molecule has 3 aromatic rings. The number of nitrogens with zero attached hydrogens (tertiary/aromatic N) is 6. The van der Waals surface area contributed by atoms with Crippen LogP contribution in [0.1, 0.15) is 24.7 Å². The molecule has 3 aromatic heterocycles. The lowest BCUT2D eigenvalue weighted by atomic mass is 10.3. The van der Waals surface area contributed by atoms with E-state index in [1.165, 1.54) is 9.13 Å². The van der Waals surface area contributed by atoms with Crippen LogP contribution in [0, 0.1) is 13.8 Å². The molecule has 0 atom stereocenters. The Balaban J connectivity index is 1.78. The molecule has 0 spiro atoms. The molecule has 9 heteroatoms. The Labute approximate surface area is 174 Å². The molecule has 9 nitrogen and oxygen atoms in total. The van der Waals surface area contributed by atoms with Gasteiger partial charge in [-0.2, -0.15) is 4.98 Å². The smallest absolute Gasteiger partial charge is 0.332 e. The summed E-state index contributed by atoms with van der Waals surface area (Å²) in [6.45, 7) is 11.5. The Hall–Kier alpha value is -2.65. The highest BCUT2D eigenvalue weighted by molar-refractivity contribution is 5.76. The zero-order valence-corrected chi connectivity index (χ0v) is 18.2. The minimum Gasteiger partial charge on any atom is -0.379 e. The summed E-state index contributed by atoms with van der Waals surface area (Å²) in [5.74, 6) is 0.720. The fourth-order valence-corrected chi connectivity index (χ4v) is 4.23. The van der Waals surface area contributed by atoms with Gasteiger partial charge in [0.05, 0.1) is 13.2 Å². The first-order valence-corrected chi connectivity index (χ1v) is 10.5. The predicted molar refractivity (Wildman–Crippen MR) is 116 cm³/mol. The van der Waals surface area contributed by atoms with E-state index in [2.05, 4.69) is 16.4 Å². The fraction of sp³-hybridized carbons (Fsp3) is 0.571. The molecule has 1 aliphatic heterocycles. The van der Waals surface area contributed by atoms with E-state index >= 15 is 0 Å². The monoisotopic (exact) mass is 414 g/mol. The average Bonchev–Trinajstić information content (AvgIpc) is 3.24. The Kier molecular flexibility index (Phi) is 5.66. The molecule has 0 unspecified atom stereocenters. The Morgan fingerprint density at radius 3 is 2.50 bits per heavy atom. The second-order valence-corrected chi connectivity index (χ2v) is 7.88. The van der Waals surface area contributed by atoms with Gasteiger partial charge < -0.3 is 9.30 Å². The zero-order chi connectivity index (χ0) is 21.4. The molecule has 0 amide bonds. The summed E-state index contributed by atoms with van der Waals surface area (Å²) < 4.78 is 12.2. The second-order valence-electron chi connectivity index (χ2n) is 7.88. The van der Waals surface area contributed by atoms with Gasteiger partial charge in [-0.25, -0.2) is 4.79 Å². The minimum absolute atomic E-state index is 0.253. The summed E-state index contributed by atoms with van der Waals surface area (Å²) in [6.07, 6.45) is 4.63. The third kappa shape index (κ3) is 3.31. The van der Waals surface area contributed by atoms with Crippen LogP contribution in [-0.4, -0.2) is 60.8 Å². The zero-order valence-electron chi connectivity index (χ0n) is 18.2. The predicted octanol–water partition coefficient (Wildman–Crippen LogP) is 1.06. The number of aryl methyl sites for hydroxylation is 3. The highest BCUT2D eigenvalue weighted by Crippen LogP contribution is 2.21. The lowest BCUT2D eigenvalue weighted by Gasteiger charge is -2.26. The van der Waals surface area contributed by atoms with Crippen molar-refractivity contribution in [3.63, 3.8) is 0 Å². The van der Waals surface area contributed by atoms with Crippen molar-refractivity contribution in [3.8, 4) is 0 Å². The van der Waals surface area contributed by atoms with Crippen molar-refractivity contribution in [3.05, 3.63) is 44.4 Å². The van der Waals surface area contributed by atoms with Crippen LogP contribution in [0.4, 0.5) is 0 Å². The first-order valence-electron chi connectivity index (χ1n) is 10.5. The first kappa shape index (κ1) is 20.6. The molecule has 30 heavy (non-hydrogen) atoms. The normalized spacial score (nSPS) is 15.9. The summed E-state index contributed by atoms with van der Waals surface area (Å²) in [6, 6.07) is 0. The molecule has 0 aliphatic carbocycles. The highest BCUT2D eigenvalue weighted by Gasteiger charge is 2.22. The average molecular weight is 415 g/mol. The number of morpholine rings is 1. The highest BCUT2D eigenvalue weighted by atomic mass is 16.5. The SMILES string of the molecule is C/C=C/Cn1c(=O)c2c(nc3n(CCCN4CCOCC4)c(C)c(C)n23)n(C)c1=O. The molecule has 0 bridgehead atoms. The number of ether oxygens (including phenoxy) is 1. The van der Waals surface area contributed by atoms with Gasteiger partial charge in [0, 0.05) is 51.2 Å². The van der Waals surface area contributed by atoms with Crippen molar-refractivity contribution < 1.29 is 4.74 Å². The maximum Gasteiger partial charge on any atom is 0.332 e. The van der Waals surface area contributed by atoms with Crippen molar-refractivity contribution >= 4 is 16.9 Å². The van der Waals surface area contributed by atoms with E-state index < -0.39 is 0 Å². The van der Waals surface area contributed by atoms with Crippen LogP contribution in [0.2, 0.25) is 0 Å². The second kappa shape index (κ2) is 8.23. The fourth-order valence-electron chi connectivity index (χ4n) is 4.23. The van der Waals surface area contributed by atoms with Crippen LogP contribution >= 0.6 is 0 Å². The summed E-state index contributed by atoms with van der Waals surface area (Å²) in [5, 5.41) is 0. The molecule has 162 valence electrons. The number of fused-ring (bicyclic) bond motifs is 3. The lowest BCUT2D eigenvalue weighted by Crippen LogP contribution is -2.39. The number of imidazole rings is 2. The van der Waals surface area contributed by atoms with E-state index in [4.69, 9.17) is 9.72 Å². The molecule has 4 rings (SSSR count). The van der Waals surface area contributed by atoms with E-state index in [0.717, 1.165) is 63.0 Å².